The first-order chi connectivity index (χ1) is 11.1. The molecule has 2 aromatic rings. The molecule has 0 spiro atoms. The van der Waals surface area contributed by atoms with Gasteiger partial charge in [0.25, 0.3) is 0 Å². The summed E-state index contributed by atoms with van der Waals surface area (Å²) in [7, 11) is -3.24. The standard InChI is InChI=1S/C17H21N3O2S/c21-23(22,15-17-4-2-1-3-5-17)20-12-10-19(11-13-20)14-16-6-8-18-9-7-16/h1-9H,10-15H2. The Bertz CT molecular complexity index is 712. The molecule has 0 atom stereocenters. The van der Waals surface area contributed by atoms with Gasteiger partial charge in [-0.25, -0.2) is 8.42 Å². The minimum Gasteiger partial charge on any atom is -0.296 e. The van der Waals surface area contributed by atoms with E-state index in [1.807, 2.05) is 42.5 Å². The number of hydrogen-bond acceptors (Lipinski definition) is 4. The van der Waals surface area contributed by atoms with Crippen LogP contribution in [-0.4, -0.2) is 48.8 Å². The summed E-state index contributed by atoms with van der Waals surface area (Å²) in [6, 6.07) is 13.4. The van der Waals surface area contributed by atoms with E-state index in [1.54, 1.807) is 16.7 Å². The summed E-state index contributed by atoms with van der Waals surface area (Å²) >= 11 is 0. The van der Waals surface area contributed by atoms with E-state index in [1.165, 1.54) is 5.56 Å². The molecule has 5 nitrogen and oxygen atoms in total. The lowest BCUT2D eigenvalue weighted by Gasteiger charge is -2.34. The Balaban J connectivity index is 1.56. The zero-order chi connectivity index (χ0) is 16.1. The third-order valence-corrected chi connectivity index (χ3v) is 5.92. The normalized spacial score (nSPS) is 17.2. The number of aromatic nitrogens is 1. The van der Waals surface area contributed by atoms with Gasteiger partial charge in [0.1, 0.15) is 0 Å². The number of benzene rings is 1. The van der Waals surface area contributed by atoms with Crippen LogP contribution in [0.15, 0.2) is 54.9 Å². The summed E-state index contributed by atoms with van der Waals surface area (Å²) in [5, 5.41) is 0. The van der Waals surface area contributed by atoms with E-state index >= 15 is 0 Å². The first-order valence-corrected chi connectivity index (χ1v) is 9.37. The third kappa shape index (κ3) is 4.37. The molecule has 1 fully saturated rings. The van der Waals surface area contributed by atoms with Crippen LogP contribution in [0.2, 0.25) is 0 Å². The van der Waals surface area contributed by atoms with Crippen molar-refractivity contribution in [2.45, 2.75) is 12.3 Å². The van der Waals surface area contributed by atoms with Crippen molar-refractivity contribution in [3.05, 3.63) is 66.0 Å². The van der Waals surface area contributed by atoms with E-state index in [2.05, 4.69) is 9.88 Å². The molecule has 1 aliphatic rings. The Kier molecular flexibility index (Phi) is 5.05. The van der Waals surface area contributed by atoms with E-state index in [0.717, 1.165) is 25.2 Å². The molecule has 0 unspecified atom stereocenters. The van der Waals surface area contributed by atoms with Crippen molar-refractivity contribution in [3.8, 4) is 0 Å². The average molecular weight is 331 g/mol. The topological polar surface area (TPSA) is 53.5 Å². The molecule has 2 heterocycles. The molecular formula is C17H21N3O2S. The molecule has 0 N–H and O–H groups in total. The predicted molar refractivity (Wildman–Crippen MR) is 90.2 cm³/mol. The number of piperazine rings is 1. The van der Waals surface area contributed by atoms with Gasteiger partial charge < -0.3 is 0 Å². The van der Waals surface area contributed by atoms with Crippen LogP contribution in [0, 0.1) is 0 Å². The van der Waals surface area contributed by atoms with Crippen LogP contribution in [-0.2, 0) is 22.3 Å². The first kappa shape index (κ1) is 16.1. The van der Waals surface area contributed by atoms with Gasteiger partial charge in [-0.3, -0.25) is 9.88 Å². The maximum absolute atomic E-state index is 12.5. The molecule has 0 bridgehead atoms. The van der Waals surface area contributed by atoms with Crippen LogP contribution >= 0.6 is 0 Å². The van der Waals surface area contributed by atoms with Gasteiger partial charge >= 0.3 is 0 Å². The van der Waals surface area contributed by atoms with Crippen LogP contribution in [0.1, 0.15) is 11.1 Å². The Labute approximate surface area is 137 Å². The average Bonchev–Trinajstić information content (AvgIpc) is 2.57. The second-order valence-electron chi connectivity index (χ2n) is 5.77. The zero-order valence-electron chi connectivity index (χ0n) is 13.0. The summed E-state index contributed by atoms with van der Waals surface area (Å²) in [5.41, 5.74) is 2.05. The van der Waals surface area contributed by atoms with Crippen molar-refractivity contribution in [2.75, 3.05) is 26.2 Å². The van der Waals surface area contributed by atoms with Gasteiger partial charge in [-0.2, -0.15) is 4.31 Å². The molecule has 1 saturated heterocycles. The molecule has 1 aliphatic heterocycles. The number of sulfonamides is 1. The highest BCUT2D eigenvalue weighted by Crippen LogP contribution is 2.15. The van der Waals surface area contributed by atoms with Crippen LogP contribution in [0.5, 0.6) is 0 Å². The lowest BCUT2D eigenvalue weighted by Crippen LogP contribution is -2.48. The summed E-state index contributed by atoms with van der Waals surface area (Å²) in [6.45, 7) is 3.47. The van der Waals surface area contributed by atoms with Crippen LogP contribution < -0.4 is 0 Å². The van der Waals surface area contributed by atoms with Gasteiger partial charge in [-0.15, -0.1) is 0 Å². The summed E-state index contributed by atoms with van der Waals surface area (Å²) in [5.74, 6) is 0.0815. The van der Waals surface area contributed by atoms with E-state index in [4.69, 9.17) is 0 Å². The minimum absolute atomic E-state index is 0.0815. The largest absolute Gasteiger partial charge is 0.296 e. The van der Waals surface area contributed by atoms with Gasteiger partial charge in [0.2, 0.25) is 10.0 Å². The lowest BCUT2D eigenvalue weighted by molar-refractivity contribution is 0.181. The van der Waals surface area contributed by atoms with Gasteiger partial charge in [-0.05, 0) is 23.3 Å². The number of hydrogen-bond donors (Lipinski definition) is 0. The van der Waals surface area contributed by atoms with Gasteiger partial charge in [0.05, 0.1) is 5.75 Å². The number of pyridine rings is 1. The second kappa shape index (κ2) is 7.21. The van der Waals surface area contributed by atoms with Crippen LogP contribution in [0.25, 0.3) is 0 Å². The molecule has 3 rings (SSSR count). The molecule has 1 aromatic carbocycles. The van der Waals surface area contributed by atoms with E-state index in [0.29, 0.717) is 13.1 Å². The number of nitrogens with zero attached hydrogens (tertiary/aromatic N) is 3. The molecule has 0 radical (unpaired) electrons. The lowest BCUT2D eigenvalue weighted by atomic mass is 10.2. The zero-order valence-corrected chi connectivity index (χ0v) is 13.8. The fourth-order valence-corrected chi connectivity index (χ4v) is 4.30. The second-order valence-corrected chi connectivity index (χ2v) is 7.74. The monoisotopic (exact) mass is 331 g/mol. The highest BCUT2D eigenvalue weighted by atomic mass is 32.2. The van der Waals surface area contributed by atoms with Crippen molar-refractivity contribution >= 4 is 10.0 Å². The SMILES string of the molecule is O=S(=O)(Cc1ccccc1)N1CCN(Cc2ccncc2)CC1. The van der Waals surface area contributed by atoms with Gasteiger partial charge in [0, 0.05) is 45.1 Å². The Morgan fingerprint density at radius 2 is 1.52 bits per heavy atom. The van der Waals surface area contributed by atoms with Crippen molar-refractivity contribution in [1.29, 1.82) is 0 Å². The molecular weight excluding hydrogens is 310 g/mol. The fraction of sp³-hybridized carbons (Fsp3) is 0.353. The van der Waals surface area contributed by atoms with Crippen molar-refractivity contribution in [2.24, 2.45) is 0 Å². The molecule has 0 amide bonds. The van der Waals surface area contributed by atoms with Gasteiger partial charge in [-0.1, -0.05) is 30.3 Å². The first-order valence-electron chi connectivity index (χ1n) is 7.76. The molecule has 6 heteroatoms. The van der Waals surface area contributed by atoms with Gasteiger partial charge in [0.15, 0.2) is 0 Å². The van der Waals surface area contributed by atoms with Crippen molar-refractivity contribution in [1.82, 2.24) is 14.2 Å². The quantitative estimate of drug-likeness (QED) is 0.837. The third-order valence-electron chi connectivity index (χ3n) is 4.07. The van der Waals surface area contributed by atoms with Crippen molar-refractivity contribution in [3.63, 3.8) is 0 Å². The predicted octanol–water partition coefficient (Wildman–Crippen LogP) is 1.73. The molecule has 122 valence electrons. The molecule has 1 aromatic heterocycles. The Hall–Kier alpha value is -1.76. The molecule has 0 aliphatic carbocycles. The Morgan fingerprint density at radius 3 is 2.17 bits per heavy atom. The highest BCUT2D eigenvalue weighted by molar-refractivity contribution is 7.88. The van der Waals surface area contributed by atoms with E-state index < -0.39 is 10.0 Å². The van der Waals surface area contributed by atoms with Crippen molar-refractivity contribution < 1.29 is 8.42 Å². The maximum atomic E-state index is 12.5. The number of rotatable bonds is 5. The maximum Gasteiger partial charge on any atom is 0.218 e. The van der Waals surface area contributed by atoms with E-state index in [9.17, 15) is 8.42 Å². The summed E-state index contributed by atoms with van der Waals surface area (Å²) in [6.07, 6.45) is 3.58. The smallest absolute Gasteiger partial charge is 0.218 e. The molecule has 23 heavy (non-hydrogen) atoms. The summed E-state index contributed by atoms with van der Waals surface area (Å²) in [4.78, 5) is 6.30. The minimum atomic E-state index is -3.24. The van der Waals surface area contributed by atoms with Crippen LogP contribution in [0.3, 0.4) is 0 Å². The van der Waals surface area contributed by atoms with Crippen LogP contribution in [0.4, 0.5) is 0 Å². The summed E-state index contributed by atoms with van der Waals surface area (Å²) < 4.78 is 26.7. The van der Waals surface area contributed by atoms with E-state index in [-0.39, 0.29) is 5.75 Å². The highest BCUT2D eigenvalue weighted by Gasteiger charge is 2.26. The fourth-order valence-electron chi connectivity index (χ4n) is 2.79. The molecule has 0 saturated carbocycles. The Morgan fingerprint density at radius 1 is 0.870 bits per heavy atom.